The minimum atomic E-state index is -1.27. The predicted molar refractivity (Wildman–Crippen MR) is 96.0 cm³/mol. The molecule has 0 radical (unpaired) electrons. The van der Waals surface area contributed by atoms with Crippen molar-refractivity contribution < 1.29 is 23.1 Å². The number of amides is 1. The highest BCUT2D eigenvalue weighted by molar-refractivity contribution is 5.97. The van der Waals surface area contributed by atoms with Crippen LogP contribution in [0.3, 0.4) is 0 Å². The third-order valence-corrected chi connectivity index (χ3v) is 3.80. The minimum absolute atomic E-state index is 0.0551. The Morgan fingerprint density at radius 3 is 2.54 bits per heavy atom. The van der Waals surface area contributed by atoms with Crippen LogP contribution >= 0.6 is 0 Å². The number of nitrogens with zero attached hydrogens (tertiary/aromatic N) is 3. The quantitative estimate of drug-likeness (QED) is 0.681. The lowest BCUT2D eigenvalue weighted by Gasteiger charge is -2.13. The molecule has 1 heterocycles. The lowest BCUT2D eigenvalue weighted by Crippen LogP contribution is -2.30. The number of carbonyl (C=O) groups excluding carboxylic acids is 2. The Balaban J connectivity index is 1.69. The molecule has 0 saturated heterocycles. The molecule has 1 atom stereocenters. The summed E-state index contributed by atoms with van der Waals surface area (Å²) in [6.45, 7) is 2.89. The van der Waals surface area contributed by atoms with Crippen LogP contribution in [0.25, 0.3) is 5.69 Å². The minimum Gasteiger partial charge on any atom is -0.448 e. The van der Waals surface area contributed by atoms with Crippen LogP contribution in [0.4, 0.5) is 14.5 Å². The van der Waals surface area contributed by atoms with E-state index in [2.05, 4.69) is 15.5 Å². The fourth-order valence-corrected chi connectivity index (χ4v) is 2.34. The summed E-state index contributed by atoms with van der Waals surface area (Å²) in [5, 5.41) is 10.4. The molecule has 0 saturated carbocycles. The van der Waals surface area contributed by atoms with Crippen molar-refractivity contribution in [2.45, 2.75) is 20.0 Å². The number of hydrogen-bond donors (Lipinski definition) is 1. The van der Waals surface area contributed by atoms with Gasteiger partial charge in [0.2, 0.25) is 0 Å². The number of hydrogen-bond acceptors (Lipinski definition) is 5. The molecule has 3 aromatic rings. The molecule has 3 rings (SSSR count). The van der Waals surface area contributed by atoms with Gasteiger partial charge in [0.05, 0.1) is 17.1 Å². The Morgan fingerprint density at radius 2 is 1.82 bits per heavy atom. The first-order valence-electron chi connectivity index (χ1n) is 8.31. The summed E-state index contributed by atoms with van der Waals surface area (Å²) in [6.07, 6.45) is -1.27. The maximum atomic E-state index is 13.6. The van der Waals surface area contributed by atoms with E-state index in [9.17, 15) is 18.4 Å². The van der Waals surface area contributed by atoms with Crippen LogP contribution in [0.2, 0.25) is 0 Å². The average molecular weight is 386 g/mol. The molecule has 9 heteroatoms. The molecule has 28 heavy (non-hydrogen) atoms. The number of aryl methyl sites for hydroxylation is 1. The van der Waals surface area contributed by atoms with Gasteiger partial charge in [0, 0.05) is 6.07 Å². The standard InChI is InChI=1S/C19H16F2N4O3/c1-11-17(24-25(23-11)14-6-4-3-5-7-14)19(27)28-12(2)18(26)22-16-10-13(20)8-9-15(16)21/h3-10,12H,1-2H3,(H,22,26)/t12-/m1/s1. The second kappa shape index (κ2) is 7.95. The van der Waals surface area contributed by atoms with E-state index in [1.54, 1.807) is 31.2 Å². The topological polar surface area (TPSA) is 86.1 Å². The first-order chi connectivity index (χ1) is 13.3. The predicted octanol–water partition coefficient (Wildman–Crippen LogP) is 3.04. The summed E-state index contributed by atoms with van der Waals surface area (Å²) in [6, 6.07) is 11.6. The van der Waals surface area contributed by atoms with Crippen molar-refractivity contribution in [3.05, 3.63) is 71.6 Å². The fraction of sp³-hybridized carbons (Fsp3) is 0.158. The molecule has 1 aromatic heterocycles. The van der Waals surface area contributed by atoms with Crippen molar-refractivity contribution >= 4 is 17.6 Å². The zero-order valence-corrected chi connectivity index (χ0v) is 15.0. The number of anilines is 1. The van der Waals surface area contributed by atoms with E-state index in [4.69, 9.17) is 4.74 Å². The van der Waals surface area contributed by atoms with Gasteiger partial charge in [-0.15, -0.1) is 5.10 Å². The molecule has 1 N–H and O–H groups in total. The highest BCUT2D eigenvalue weighted by Crippen LogP contribution is 2.16. The van der Waals surface area contributed by atoms with Crippen LogP contribution in [-0.2, 0) is 9.53 Å². The third kappa shape index (κ3) is 4.20. The van der Waals surface area contributed by atoms with Gasteiger partial charge in [0.1, 0.15) is 11.6 Å². The van der Waals surface area contributed by atoms with Gasteiger partial charge < -0.3 is 10.1 Å². The van der Waals surface area contributed by atoms with Crippen LogP contribution in [-0.4, -0.2) is 33.0 Å². The lowest BCUT2D eigenvalue weighted by atomic mass is 10.2. The van der Waals surface area contributed by atoms with Crippen LogP contribution in [0.1, 0.15) is 23.1 Å². The number of para-hydroxylation sites is 1. The number of esters is 1. The molecular weight excluding hydrogens is 370 g/mol. The van der Waals surface area contributed by atoms with Crippen molar-refractivity contribution in [1.29, 1.82) is 0 Å². The van der Waals surface area contributed by atoms with Gasteiger partial charge in [-0.25, -0.2) is 13.6 Å². The van der Waals surface area contributed by atoms with E-state index in [1.165, 1.54) is 11.7 Å². The second-order valence-corrected chi connectivity index (χ2v) is 5.92. The molecular formula is C19H16F2N4O3. The lowest BCUT2D eigenvalue weighted by molar-refractivity contribution is -0.123. The number of halogens is 2. The zero-order valence-electron chi connectivity index (χ0n) is 15.0. The van der Waals surface area contributed by atoms with Gasteiger partial charge in [-0.1, -0.05) is 18.2 Å². The molecule has 2 aromatic carbocycles. The van der Waals surface area contributed by atoms with E-state index in [0.717, 1.165) is 18.2 Å². The van der Waals surface area contributed by atoms with Crippen molar-refractivity contribution in [2.75, 3.05) is 5.32 Å². The summed E-state index contributed by atoms with van der Waals surface area (Å²) in [5.41, 5.74) is 0.564. The summed E-state index contributed by atoms with van der Waals surface area (Å²) < 4.78 is 31.9. The monoisotopic (exact) mass is 386 g/mol. The third-order valence-electron chi connectivity index (χ3n) is 3.80. The number of carbonyl (C=O) groups is 2. The first kappa shape index (κ1) is 19.2. The Bertz CT molecular complexity index is 1020. The number of benzene rings is 2. The van der Waals surface area contributed by atoms with Crippen molar-refractivity contribution in [3.8, 4) is 5.69 Å². The molecule has 1 amide bonds. The number of rotatable bonds is 5. The molecule has 144 valence electrons. The summed E-state index contributed by atoms with van der Waals surface area (Å²) in [4.78, 5) is 25.8. The summed E-state index contributed by atoms with van der Waals surface area (Å²) in [7, 11) is 0. The van der Waals surface area contributed by atoms with Crippen LogP contribution in [0.15, 0.2) is 48.5 Å². The first-order valence-corrected chi connectivity index (χ1v) is 8.31. The normalized spacial score (nSPS) is 11.7. The Hall–Kier alpha value is -3.62. The molecule has 0 aliphatic heterocycles. The van der Waals surface area contributed by atoms with Crippen molar-refractivity contribution in [1.82, 2.24) is 15.0 Å². The Morgan fingerprint density at radius 1 is 1.11 bits per heavy atom. The van der Waals surface area contributed by atoms with Gasteiger partial charge in [-0.05, 0) is 38.1 Å². The smallest absolute Gasteiger partial charge is 0.361 e. The average Bonchev–Trinajstić information content (AvgIpc) is 3.07. The largest absolute Gasteiger partial charge is 0.448 e. The van der Waals surface area contributed by atoms with Crippen molar-refractivity contribution in [3.63, 3.8) is 0 Å². The van der Waals surface area contributed by atoms with Gasteiger partial charge in [0.15, 0.2) is 11.8 Å². The van der Waals surface area contributed by atoms with Gasteiger partial charge >= 0.3 is 5.97 Å². The van der Waals surface area contributed by atoms with E-state index in [0.29, 0.717) is 11.4 Å². The van der Waals surface area contributed by atoms with Gasteiger partial charge in [-0.3, -0.25) is 4.79 Å². The Labute approximate surface area is 158 Å². The fourth-order valence-electron chi connectivity index (χ4n) is 2.34. The number of nitrogens with one attached hydrogen (secondary N) is 1. The zero-order chi connectivity index (χ0) is 20.3. The summed E-state index contributed by atoms with van der Waals surface area (Å²) >= 11 is 0. The maximum absolute atomic E-state index is 13.6. The maximum Gasteiger partial charge on any atom is 0.361 e. The van der Waals surface area contributed by atoms with Gasteiger partial charge in [0.25, 0.3) is 5.91 Å². The second-order valence-electron chi connectivity index (χ2n) is 5.92. The number of aromatic nitrogens is 3. The van der Waals surface area contributed by atoms with Crippen LogP contribution < -0.4 is 5.32 Å². The molecule has 0 aliphatic carbocycles. The van der Waals surface area contributed by atoms with E-state index >= 15 is 0 Å². The molecule has 0 unspecified atom stereocenters. The summed E-state index contributed by atoms with van der Waals surface area (Å²) in [5.74, 6) is -3.20. The highest BCUT2D eigenvalue weighted by Gasteiger charge is 2.24. The van der Waals surface area contributed by atoms with Crippen molar-refractivity contribution in [2.24, 2.45) is 0 Å². The highest BCUT2D eigenvalue weighted by atomic mass is 19.1. The SMILES string of the molecule is Cc1nn(-c2ccccc2)nc1C(=O)O[C@H](C)C(=O)Nc1cc(F)ccc1F. The Kier molecular flexibility index (Phi) is 5.44. The number of ether oxygens (including phenoxy) is 1. The molecule has 0 fully saturated rings. The van der Waals surface area contributed by atoms with E-state index < -0.39 is 29.6 Å². The van der Waals surface area contributed by atoms with E-state index in [1.807, 2.05) is 6.07 Å². The molecule has 7 nitrogen and oxygen atoms in total. The molecule has 0 aliphatic rings. The van der Waals surface area contributed by atoms with E-state index in [-0.39, 0.29) is 11.4 Å². The van der Waals surface area contributed by atoms with Gasteiger partial charge in [-0.2, -0.15) is 9.90 Å². The molecule has 0 spiro atoms. The van der Waals surface area contributed by atoms with Crippen LogP contribution in [0, 0.1) is 18.6 Å². The van der Waals surface area contributed by atoms with Crippen LogP contribution in [0.5, 0.6) is 0 Å². The molecule has 0 bridgehead atoms.